The van der Waals surface area contributed by atoms with Crippen LogP contribution in [0.2, 0.25) is 0 Å². The van der Waals surface area contributed by atoms with Gasteiger partial charge >= 0.3 is 5.69 Å². The molecule has 2 fully saturated rings. The van der Waals surface area contributed by atoms with Gasteiger partial charge in [-0.05, 0) is 43.7 Å². The van der Waals surface area contributed by atoms with Crippen molar-refractivity contribution < 1.29 is 4.79 Å². The Morgan fingerprint density at radius 1 is 1.09 bits per heavy atom. The van der Waals surface area contributed by atoms with Gasteiger partial charge in [0.15, 0.2) is 17.0 Å². The highest BCUT2D eigenvalue weighted by molar-refractivity contribution is 5.96. The van der Waals surface area contributed by atoms with Crippen LogP contribution in [-0.4, -0.2) is 54.6 Å². The molecule has 1 amide bonds. The van der Waals surface area contributed by atoms with Crippen LogP contribution in [0.15, 0.2) is 35.4 Å². The Morgan fingerprint density at radius 2 is 1.83 bits per heavy atom. The molecule has 4 heterocycles. The number of amides is 1. The third-order valence-electron chi connectivity index (χ3n) is 7.00. The molecule has 35 heavy (non-hydrogen) atoms. The van der Waals surface area contributed by atoms with E-state index in [-0.39, 0.29) is 23.7 Å². The fraction of sp³-hybridized carbons (Fsp3) is 0.480. The maximum atomic E-state index is 13.0. The average Bonchev–Trinajstić information content (AvgIpc) is 3.53. The van der Waals surface area contributed by atoms with Crippen LogP contribution in [0.3, 0.4) is 0 Å². The van der Waals surface area contributed by atoms with Gasteiger partial charge in [-0.15, -0.1) is 0 Å². The van der Waals surface area contributed by atoms with Gasteiger partial charge in [-0.3, -0.25) is 9.36 Å². The van der Waals surface area contributed by atoms with Crippen molar-refractivity contribution in [1.29, 1.82) is 0 Å². The minimum absolute atomic E-state index is 0.0608. The molecule has 1 aromatic carbocycles. The smallest absolute Gasteiger partial charge is 0.326 e. The molecule has 4 aromatic rings. The lowest BCUT2D eigenvalue weighted by atomic mass is 10.0. The van der Waals surface area contributed by atoms with E-state index < -0.39 is 0 Å². The van der Waals surface area contributed by atoms with E-state index in [1.165, 1.54) is 0 Å². The lowest BCUT2D eigenvalue weighted by molar-refractivity contribution is 0.0934. The Labute approximate surface area is 202 Å². The number of H-pyrrole nitrogens is 1. The first-order valence-corrected chi connectivity index (χ1v) is 12.5. The number of aromatic amines is 1. The first kappa shape index (κ1) is 21.8. The van der Waals surface area contributed by atoms with E-state index in [0.717, 1.165) is 61.3 Å². The monoisotopic (exact) mass is 474 g/mol. The number of aromatic nitrogens is 6. The van der Waals surface area contributed by atoms with Gasteiger partial charge in [0.05, 0.1) is 11.0 Å². The van der Waals surface area contributed by atoms with E-state index in [2.05, 4.69) is 39.0 Å². The SMILES string of the molecule is CC(C)CNC(=O)c1nc2c(N3CCC(n4c(=O)[nH]c5ccccc54)CC3)ncnc2n1C1CC1. The minimum atomic E-state index is -0.160. The van der Waals surface area contributed by atoms with Crippen LogP contribution >= 0.6 is 0 Å². The van der Waals surface area contributed by atoms with Crippen LogP contribution in [-0.2, 0) is 0 Å². The summed E-state index contributed by atoms with van der Waals surface area (Å²) in [5, 5.41) is 3.00. The van der Waals surface area contributed by atoms with Crippen molar-refractivity contribution in [3.05, 3.63) is 46.9 Å². The standard InChI is InChI=1S/C25H30N8O2/c1-15(2)13-26-24(34)23-30-20-21(27-14-28-22(20)33(23)16-7-8-16)31-11-9-17(10-12-31)32-19-6-4-3-5-18(19)29-25(32)35/h3-6,14-17H,7-13H2,1-2H3,(H,26,34)(H,29,35). The number of nitrogens with zero attached hydrogens (tertiary/aromatic N) is 6. The highest BCUT2D eigenvalue weighted by Crippen LogP contribution is 2.39. The Morgan fingerprint density at radius 3 is 2.57 bits per heavy atom. The maximum Gasteiger partial charge on any atom is 0.326 e. The second-order valence-corrected chi connectivity index (χ2v) is 10.0. The van der Waals surface area contributed by atoms with Gasteiger partial charge in [0.2, 0.25) is 5.82 Å². The zero-order valence-corrected chi connectivity index (χ0v) is 20.1. The van der Waals surface area contributed by atoms with Crippen LogP contribution in [0.4, 0.5) is 5.82 Å². The van der Waals surface area contributed by atoms with Crippen molar-refractivity contribution in [2.45, 2.75) is 51.6 Å². The van der Waals surface area contributed by atoms with Crippen molar-refractivity contribution in [2.24, 2.45) is 5.92 Å². The van der Waals surface area contributed by atoms with Crippen molar-refractivity contribution in [1.82, 2.24) is 34.4 Å². The molecule has 1 saturated carbocycles. The molecule has 10 heteroatoms. The first-order chi connectivity index (χ1) is 17.0. The molecule has 1 saturated heterocycles. The largest absolute Gasteiger partial charge is 0.355 e. The molecule has 10 nitrogen and oxygen atoms in total. The molecule has 0 atom stereocenters. The molecule has 182 valence electrons. The van der Waals surface area contributed by atoms with Crippen LogP contribution in [0.1, 0.15) is 62.2 Å². The molecule has 0 spiro atoms. The van der Waals surface area contributed by atoms with Gasteiger partial charge in [-0.25, -0.2) is 19.7 Å². The molecule has 2 aliphatic rings. The molecule has 2 N–H and O–H groups in total. The van der Waals surface area contributed by atoms with E-state index in [1.54, 1.807) is 6.33 Å². The number of imidazole rings is 2. The Balaban J connectivity index is 1.29. The van der Waals surface area contributed by atoms with E-state index in [4.69, 9.17) is 4.98 Å². The topological polar surface area (TPSA) is 114 Å². The number of carbonyl (C=O) groups is 1. The lowest BCUT2D eigenvalue weighted by Gasteiger charge is -2.33. The van der Waals surface area contributed by atoms with Crippen molar-refractivity contribution >= 4 is 33.9 Å². The van der Waals surface area contributed by atoms with Crippen LogP contribution in [0.5, 0.6) is 0 Å². The Kier molecular flexibility index (Phi) is 5.31. The van der Waals surface area contributed by atoms with E-state index in [9.17, 15) is 9.59 Å². The highest BCUT2D eigenvalue weighted by atomic mass is 16.2. The van der Waals surface area contributed by atoms with Gasteiger partial charge in [-0.2, -0.15) is 0 Å². The van der Waals surface area contributed by atoms with Gasteiger partial charge in [0.25, 0.3) is 5.91 Å². The summed E-state index contributed by atoms with van der Waals surface area (Å²) in [6.45, 7) is 6.23. The Hall–Kier alpha value is -3.69. The number of piperidine rings is 1. The third-order valence-corrected chi connectivity index (χ3v) is 7.00. The van der Waals surface area contributed by atoms with Crippen LogP contribution in [0, 0.1) is 5.92 Å². The van der Waals surface area contributed by atoms with Gasteiger partial charge in [-0.1, -0.05) is 26.0 Å². The van der Waals surface area contributed by atoms with E-state index in [0.29, 0.717) is 23.8 Å². The summed E-state index contributed by atoms with van der Waals surface area (Å²) in [5.41, 5.74) is 3.15. The molecular formula is C25H30N8O2. The summed E-state index contributed by atoms with van der Waals surface area (Å²) >= 11 is 0. The Bertz CT molecular complexity index is 1450. The lowest BCUT2D eigenvalue weighted by Crippen LogP contribution is -2.37. The van der Waals surface area contributed by atoms with E-state index in [1.807, 2.05) is 33.4 Å². The fourth-order valence-corrected chi connectivity index (χ4v) is 5.12. The molecular weight excluding hydrogens is 444 g/mol. The quantitative estimate of drug-likeness (QED) is 0.444. The number of rotatable bonds is 6. The predicted molar refractivity (Wildman–Crippen MR) is 134 cm³/mol. The molecule has 3 aromatic heterocycles. The zero-order valence-electron chi connectivity index (χ0n) is 20.1. The number of para-hydroxylation sites is 2. The van der Waals surface area contributed by atoms with Gasteiger partial charge < -0.3 is 19.8 Å². The summed E-state index contributed by atoms with van der Waals surface area (Å²) in [5.74, 6) is 1.38. The maximum absolute atomic E-state index is 13.0. The average molecular weight is 475 g/mol. The molecule has 0 unspecified atom stereocenters. The van der Waals surface area contributed by atoms with Crippen LogP contribution in [0.25, 0.3) is 22.2 Å². The molecule has 6 rings (SSSR count). The zero-order chi connectivity index (χ0) is 24.1. The summed E-state index contributed by atoms with van der Waals surface area (Å²) in [6.07, 6.45) is 5.26. The first-order valence-electron chi connectivity index (χ1n) is 12.5. The predicted octanol–water partition coefficient (Wildman–Crippen LogP) is 3.03. The second kappa shape index (κ2) is 8.51. The molecule has 0 radical (unpaired) electrons. The van der Waals surface area contributed by atoms with Crippen molar-refractivity contribution in [3.63, 3.8) is 0 Å². The number of benzene rings is 1. The summed E-state index contributed by atoms with van der Waals surface area (Å²) < 4.78 is 3.88. The van der Waals surface area contributed by atoms with Gasteiger partial charge in [0, 0.05) is 31.7 Å². The third kappa shape index (κ3) is 3.86. The number of hydrogen-bond donors (Lipinski definition) is 2. The molecule has 1 aliphatic heterocycles. The number of hydrogen-bond acceptors (Lipinski definition) is 6. The van der Waals surface area contributed by atoms with Crippen molar-refractivity contribution in [3.8, 4) is 0 Å². The highest BCUT2D eigenvalue weighted by Gasteiger charge is 2.33. The fourth-order valence-electron chi connectivity index (χ4n) is 5.12. The number of fused-ring (bicyclic) bond motifs is 2. The second-order valence-electron chi connectivity index (χ2n) is 10.0. The van der Waals surface area contributed by atoms with Gasteiger partial charge in [0.1, 0.15) is 6.33 Å². The summed E-state index contributed by atoms with van der Waals surface area (Å²) in [4.78, 5) is 44.7. The van der Waals surface area contributed by atoms with Crippen molar-refractivity contribution in [2.75, 3.05) is 24.5 Å². The number of anilines is 1. The normalized spacial score (nSPS) is 17.1. The molecule has 1 aliphatic carbocycles. The van der Waals surface area contributed by atoms with E-state index >= 15 is 0 Å². The number of nitrogens with one attached hydrogen (secondary N) is 2. The minimum Gasteiger partial charge on any atom is -0.355 e. The summed E-state index contributed by atoms with van der Waals surface area (Å²) in [7, 11) is 0. The number of carbonyl (C=O) groups excluding carboxylic acids is 1. The molecule has 0 bridgehead atoms. The summed E-state index contributed by atoms with van der Waals surface area (Å²) in [6, 6.07) is 8.21. The van der Waals surface area contributed by atoms with Crippen LogP contribution < -0.4 is 15.9 Å².